The Balaban J connectivity index is 2.43. The molecule has 0 bridgehead atoms. The summed E-state index contributed by atoms with van der Waals surface area (Å²) in [6.45, 7) is 6.75. The van der Waals surface area contributed by atoms with E-state index in [-0.39, 0.29) is 0 Å². The lowest BCUT2D eigenvalue weighted by atomic mass is 9.98. The van der Waals surface area contributed by atoms with Crippen LogP contribution in [0.25, 0.3) is 0 Å². The average molecular weight is 203 g/mol. The third-order valence-electron chi connectivity index (χ3n) is 2.85. The van der Waals surface area contributed by atoms with E-state index in [4.69, 9.17) is 0 Å². The van der Waals surface area contributed by atoms with Crippen molar-refractivity contribution in [3.8, 4) is 0 Å². The third-order valence-corrected chi connectivity index (χ3v) is 2.85. The number of hydrogen-bond acceptors (Lipinski definition) is 0. The summed E-state index contributed by atoms with van der Waals surface area (Å²) in [6.07, 6.45) is 6.54. The molecular formula is C15H23. The zero-order valence-electron chi connectivity index (χ0n) is 10.3. The predicted molar refractivity (Wildman–Crippen MR) is 67.2 cm³/mol. The van der Waals surface area contributed by atoms with Gasteiger partial charge >= 0.3 is 0 Å². The highest BCUT2D eigenvalue weighted by Crippen LogP contribution is 2.16. The van der Waals surface area contributed by atoms with Crippen molar-refractivity contribution < 1.29 is 0 Å². The fourth-order valence-corrected chi connectivity index (χ4v) is 1.78. The van der Waals surface area contributed by atoms with Crippen molar-refractivity contribution in [2.75, 3.05) is 0 Å². The average Bonchev–Trinajstić information content (AvgIpc) is 2.25. The number of benzene rings is 1. The van der Waals surface area contributed by atoms with Gasteiger partial charge in [-0.3, -0.25) is 0 Å². The van der Waals surface area contributed by atoms with Crippen LogP contribution >= 0.6 is 0 Å². The van der Waals surface area contributed by atoms with E-state index in [1.165, 1.54) is 43.2 Å². The zero-order chi connectivity index (χ0) is 11.1. The molecule has 0 aliphatic rings. The molecule has 0 aliphatic carbocycles. The van der Waals surface area contributed by atoms with E-state index in [9.17, 15) is 0 Å². The molecule has 0 heteroatoms. The minimum absolute atomic E-state index is 0.633. The Morgan fingerprint density at radius 1 is 1.20 bits per heavy atom. The highest BCUT2D eigenvalue weighted by atomic mass is 14.1. The van der Waals surface area contributed by atoms with Crippen LogP contribution in [-0.4, -0.2) is 0 Å². The molecule has 0 amide bonds. The third kappa shape index (κ3) is 4.51. The molecule has 0 fully saturated rings. The fraction of sp³-hybridized carbons (Fsp3) is 0.600. The summed E-state index contributed by atoms with van der Waals surface area (Å²) < 4.78 is 0. The second kappa shape index (κ2) is 6.66. The van der Waals surface area contributed by atoms with Crippen LogP contribution in [0.3, 0.4) is 0 Å². The van der Waals surface area contributed by atoms with Crippen molar-refractivity contribution in [3.05, 3.63) is 35.4 Å². The van der Waals surface area contributed by atoms with Gasteiger partial charge in [-0.15, -0.1) is 0 Å². The molecule has 0 unspecified atom stereocenters. The van der Waals surface area contributed by atoms with Gasteiger partial charge in [-0.2, -0.15) is 0 Å². The summed E-state index contributed by atoms with van der Waals surface area (Å²) in [5, 5.41) is 0. The van der Waals surface area contributed by atoms with Crippen LogP contribution in [0.1, 0.15) is 63.5 Å². The first-order chi connectivity index (χ1) is 7.24. The van der Waals surface area contributed by atoms with Crippen LogP contribution in [0, 0.1) is 6.07 Å². The highest BCUT2D eigenvalue weighted by molar-refractivity contribution is 5.24. The summed E-state index contributed by atoms with van der Waals surface area (Å²) >= 11 is 0. The zero-order valence-corrected chi connectivity index (χ0v) is 10.3. The monoisotopic (exact) mass is 203 g/mol. The number of rotatable bonds is 6. The molecule has 0 heterocycles. The molecule has 1 aromatic carbocycles. The van der Waals surface area contributed by atoms with E-state index in [1.807, 2.05) is 0 Å². The summed E-state index contributed by atoms with van der Waals surface area (Å²) in [6, 6.07) is 9.91. The minimum atomic E-state index is 0.633. The summed E-state index contributed by atoms with van der Waals surface area (Å²) in [5.74, 6) is 0.633. The normalized spacial score (nSPS) is 10.9. The van der Waals surface area contributed by atoms with Gasteiger partial charge in [-0.05, 0) is 36.0 Å². The lowest BCUT2D eigenvalue weighted by Gasteiger charge is -2.07. The van der Waals surface area contributed by atoms with Crippen molar-refractivity contribution in [1.82, 2.24) is 0 Å². The largest absolute Gasteiger partial charge is 0.0654 e. The maximum atomic E-state index is 3.34. The SMILES string of the molecule is CCCCCCc1[c]ccc(C(C)C)c1. The molecule has 0 aliphatic heterocycles. The van der Waals surface area contributed by atoms with E-state index in [0.29, 0.717) is 5.92 Å². The minimum Gasteiger partial charge on any atom is -0.0654 e. The van der Waals surface area contributed by atoms with E-state index in [0.717, 1.165) is 0 Å². The first-order valence-corrected chi connectivity index (χ1v) is 6.24. The Bertz CT molecular complexity index is 273. The van der Waals surface area contributed by atoms with Gasteiger partial charge in [0, 0.05) is 0 Å². The van der Waals surface area contributed by atoms with Crippen LogP contribution in [0.5, 0.6) is 0 Å². The van der Waals surface area contributed by atoms with Crippen LogP contribution < -0.4 is 0 Å². The molecule has 0 N–H and O–H groups in total. The van der Waals surface area contributed by atoms with E-state index < -0.39 is 0 Å². The van der Waals surface area contributed by atoms with Gasteiger partial charge in [-0.1, -0.05) is 58.2 Å². The molecule has 1 radical (unpaired) electrons. The van der Waals surface area contributed by atoms with Crippen molar-refractivity contribution in [2.24, 2.45) is 0 Å². The van der Waals surface area contributed by atoms with Crippen molar-refractivity contribution >= 4 is 0 Å². The Morgan fingerprint density at radius 2 is 2.00 bits per heavy atom. The molecule has 0 saturated heterocycles. The summed E-state index contributed by atoms with van der Waals surface area (Å²) in [7, 11) is 0. The molecule has 0 saturated carbocycles. The number of aryl methyl sites for hydroxylation is 1. The van der Waals surface area contributed by atoms with Gasteiger partial charge in [0.1, 0.15) is 0 Å². The molecule has 15 heavy (non-hydrogen) atoms. The molecular weight excluding hydrogens is 180 g/mol. The molecule has 1 aromatic rings. The van der Waals surface area contributed by atoms with E-state index in [1.54, 1.807) is 0 Å². The van der Waals surface area contributed by atoms with Gasteiger partial charge in [0.05, 0.1) is 0 Å². The summed E-state index contributed by atoms with van der Waals surface area (Å²) in [4.78, 5) is 0. The van der Waals surface area contributed by atoms with Gasteiger partial charge < -0.3 is 0 Å². The van der Waals surface area contributed by atoms with Crippen molar-refractivity contribution in [2.45, 2.75) is 58.8 Å². The first-order valence-electron chi connectivity index (χ1n) is 6.24. The molecule has 1 rings (SSSR count). The topological polar surface area (TPSA) is 0 Å². The van der Waals surface area contributed by atoms with Crippen LogP contribution in [0.2, 0.25) is 0 Å². The van der Waals surface area contributed by atoms with Gasteiger partial charge in [0.2, 0.25) is 0 Å². The Labute approximate surface area is 94.7 Å². The maximum Gasteiger partial charge on any atom is -0.0149 e. The molecule has 0 aromatic heterocycles. The Morgan fingerprint density at radius 3 is 2.67 bits per heavy atom. The number of unbranched alkanes of at least 4 members (excludes halogenated alkanes) is 3. The van der Waals surface area contributed by atoms with Gasteiger partial charge in [-0.25, -0.2) is 0 Å². The van der Waals surface area contributed by atoms with Crippen LogP contribution in [0.4, 0.5) is 0 Å². The lowest BCUT2D eigenvalue weighted by Crippen LogP contribution is -1.91. The van der Waals surface area contributed by atoms with Crippen LogP contribution in [-0.2, 0) is 6.42 Å². The van der Waals surface area contributed by atoms with E-state index >= 15 is 0 Å². The number of hydrogen-bond donors (Lipinski definition) is 0. The maximum absolute atomic E-state index is 3.34. The molecule has 83 valence electrons. The quantitative estimate of drug-likeness (QED) is 0.586. The molecule has 0 nitrogen and oxygen atoms in total. The molecule has 0 spiro atoms. The fourth-order valence-electron chi connectivity index (χ4n) is 1.78. The highest BCUT2D eigenvalue weighted by Gasteiger charge is 2.00. The summed E-state index contributed by atoms with van der Waals surface area (Å²) in [5.41, 5.74) is 2.83. The Kier molecular flexibility index (Phi) is 5.45. The van der Waals surface area contributed by atoms with Crippen molar-refractivity contribution in [3.63, 3.8) is 0 Å². The predicted octanol–water partition coefficient (Wildman–Crippen LogP) is 4.73. The second-order valence-corrected chi connectivity index (χ2v) is 4.61. The van der Waals surface area contributed by atoms with Gasteiger partial charge in [0.25, 0.3) is 0 Å². The lowest BCUT2D eigenvalue weighted by molar-refractivity contribution is 0.666. The van der Waals surface area contributed by atoms with E-state index in [2.05, 4.69) is 45.0 Å². The van der Waals surface area contributed by atoms with Crippen LogP contribution in [0.15, 0.2) is 18.2 Å². The van der Waals surface area contributed by atoms with Gasteiger partial charge in [0.15, 0.2) is 0 Å². The standard InChI is InChI=1S/C15H23/c1-4-5-6-7-9-14-10-8-11-15(12-14)13(2)3/h8,11-13H,4-7,9H2,1-3H3. The Hall–Kier alpha value is -0.780. The first kappa shape index (κ1) is 12.3. The van der Waals surface area contributed by atoms with Crippen molar-refractivity contribution in [1.29, 1.82) is 0 Å². The second-order valence-electron chi connectivity index (χ2n) is 4.61. The smallest absolute Gasteiger partial charge is 0.0149 e. The molecule has 0 atom stereocenters.